The van der Waals surface area contributed by atoms with Crippen LogP contribution in [0.3, 0.4) is 0 Å². The molecule has 0 unspecified atom stereocenters. The molecule has 1 saturated heterocycles. The molecule has 1 aromatic carbocycles. The summed E-state index contributed by atoms with van der Waals surface area (Å²) < 4.78 is 25.6. The Hall–Kier alpha value is -2.47. The van der Waals surface area contributed by atoms with Crippen LogP contribution >= 0.6 is 0 Å². The van der Waals surface area contributed by atoms with Crippen molar-refractivity contribution in [3.8, 4) is 0 Å². The molecule has 5 nitrogen and oxygen atoms in total. The van der Waals surface area contributed by atoms with Crippen LogP contribution < -0.4 is 0 Å². The Labute approximate surface area is 145 Å². The van der Waals surface area contributed by atoms with Gasteiger partial charge in [0.15, 0.2) is 11.5 Å². The third-order valence-electron chi connectivity index (χ3n) is 4.69. The van der Waals surface area contributed by atoms with Crippen molar-refractivity contribution >= 4 is 0 Å². The zero-order chi connectivity index (χ0) is 17.1. The lowest BCUT2D eigenvalue weighted by molar-refractivity contribution is 0.0249. The van der Waals surface area contributed by atoms with E-state index in [-0.39, 0.29) is 5.89 Å². The van der Waals surface area contributed by atoms with Gasteiger partial charge < -0.3 is 8.94 Å². The molecule has 0 spiro atoms. The Kier molecular flexibility index (Phi) is 4.36. The van der Waals surface area contributed by atoms with Crippen molar-refractivity contribution in [2.24, 2.45) is 0 Å². The van der Waals surface area contributed by atoms with Crippen molar-refractivity contribution in [3.05, 3.63) is 71.8 Å². The molecule has 0 bridgehead atoms. The summed E-state index contributed by atoms with van der Waals surface area (Å²) >= 11 is 0. The maximum atomic E-state index is 15.3. The number of furan rings is 1. The second-order valence-electron chi connectivity index (χ2n) is 6.55. The lowest BCUT2D eigenvalue weighted by Gasteiger charge is -2.33. The first-order chi connectivity index (χ1) is 12.2. The molecule has 2 aromatic heterocycles. The van der Waals surface area contributed by atoms with Gasteiger partial charge in [0.1, 0.15) is 0 Å². The van der Waals surface area contributed by atoms with E-state index in [4.69, 9.17) is 8.94 Å². The van der Waals surface area contributed by atoms with Gasteiger partial charge in [0.25, 0.3) is 5.89 Å². The van der Waals surface area contributed by atoms with E-state index in [9.17, 15) is 0 Å². The molecule has 1 fully saturated rings. The molecule has 4 rings (SSSR count). The predicted octanol–water partition coefficient (Wildman–Crippen LogP) is 3.71. The second kappa shape index (κ2) is 6.80. The standard InChI is InChI=1S/C19H20FN3O2/c20-19(7-9-23(10-8-19)13-16-6-11-24-14-16)18-21-17(22-25-18)12-15-4-2-1-3-5-15/h1-6,11,14H,7-10,12-13H2. The SMILES string of the molecule is FC1(c2nc(Cc3ccccc3)no2)CCN(Cc2ccoc2)CC1. The highest BCUT2D eigenvalue weighted by Gasteiger charge is 2.41. The van der Waals surface area contributed by atoms with Crippen LogP contribution in [0.5, 0.6) is 0 Å². The van der Waals surface area contributed by atoms with E-state index < -0.39 is 5.67 Å². The van der Waals surface area contributed by atoms with Gasteiger partial charge in [0.05, 0.1) is 12.5 Å². The minimum absolute atomic E-state index is 0.112. The number of hydrogen-bond donors (Lipinski definition) is 0. The van der Waals surface area contributed by atoms with Crippen molar-refractivity contribution in [1.82, 2.24) is 15.0 Å². The monoisotopic (exact) mass is 341 g/mol. The van der Waals surface area contributed by atoms with E-state index in [2.05, 4.69) is 15.0 Å². The predicted molar refractivity (Wildman–Crippen MR) is 89.6 cm³/mol. The first kappa shape index (κ1) is 16.0. The number of halogens is 1. The molecule has 6 heteroatoms. The van der Waals surface area contributed by atoms with Crippen molar-refractivity contribution in [3.63, 3.8) is 0 Å². The molecular formula is C19H20FN3O2. The maximum Gasteiger partial charge on any atom is 0.264 e. The van der Waals surface area contributed by atoms with Crippen molar-refractivity contribution in [2.45, 2.75) is 31.5 Å². The molecule has 0 amide bonds. The Bertz CT molecular complexity index is 793. The smallest absolute Gasteiger partial charge is 0.264 e. The van der Waals surface area contributed by atoms with Gasteiger partial charge in [-0.25, -0.2) is 4.39 Å². The highest BCUT2D eigenvalue weighted by molar-refractivity contribution is 5.18. The third-order valence-corrected chi connectivity index (χ3v) is 4.69. The number of benzene rings is 1. The van der Waals surface area contributed by atoms with Crippen LogP contribution in [-0.4, -0.2) is 28.1 Å². The number of rotatable bonds is 5. The zero-order valence-corrected chi connectivity index (χ0v) is 13.9. The number of likely N-dealkylation sites (tertiary alicyclic amines) is 1. The fourth-order valence-corrected chi connectivity index (χ4v) is 3.21. The van der Waals surface area contributed by atoms with E-state index in [1.54, 1.807) is 12.5 Å². The van der Waals surface area contributed by atoms with E-state index in [0.717, 1.165) is 17.7 Å². The van der Waals surface area contributed by atoms with Crippen LogP contribution in [-0.2, 0) is 18.6 Å². The van der Waals surface area contributed by atoms with Gasteiger partial charge in [-0.1, -0.05) is 35.5 Å². The molecule has 0 N–H and O–H groups in total. The first-order valence-electron chi connectivity index (χ1n) is 8.51. The molecule has 25 heavy (non-hydrogen) atoms. The average molecular weight is 341 g/mol. The molecular weight excluding hydrogens is 321 g/mol. The highest BCUT2D eigenvalue weighted by Crippen LogP contribution is 2.36. The fourth-order valence-electron chi connectivity index (χ4n) is 3.21. The van der Waals surface area contributed by atoms with Crippen molar-refractivity contribution in [1.29, 1.82) is 0 Å². The summed E-state index contributed by atoms with van der Waals surface area (Å²) in [4.78, 5) is 6.53. The number of alkyl halides is 1. The van der Waals surface area contributed by atoms with Crippen LogP contribution in [0.4, 0.5) is 4.39 Å². The average Bonchev–Trinajstić information content (AvgIpc) is 3.30. The van der Waals surface area contributed by atoms with Gasteiger partial charge >= 0.3 is 0 Å². The number of nitrogens with zero attached hydrogens (tertiary/aromatic N) is 3. The number of aromatic nitrogens is 2. The summed E-state index contributed by atoms with van der Waals surface area (Å²) in [6.07, 6.45) is 4.65. The molecule has 3 heterocycles. The van der Waals surface area contributed by atoms with Gasteiger partial charge in [-0.05, 0) is 11.6 Å². The van der Waals surface area contributed by atoms with Crippen LogP contribution in [0.15, 0.2) is 57.9 Å². The summed E-state index contributed by atoms with van der Waals surface area (Å²) in [6, 6.07) is 11.8. The Morgan fingerprint density at radius 3 is 2.60 bits per heavy atom. The second-order valence-corrected chi connectivity index (χ2v) is 6.55. The Balaban J connectivity index is 1.38. The van der Waals surface area contributed by atoms with Crippen LogP contribution in [0, 0.1) is 0 Å². The molecule has 1 aliphatic rings. The first-order valence-corrected chi connectivity index (χ1v) is 8.51. The van der Waals surface area contributed by atoms with Gasteiger partial charge in [0.2, 0.25) is 0 Å². The van der Waals surface area contributed by atoms with E-state index in [1.165, 1.54) is 0 Å². The Morgan fingerprint density at radius 1 is 1.08 bits per heavy atom. The normalized spacial score (nSPS) is 17.6. The zero-order valence-electron chi connectivity index (χ0n) is 13.9. The molecule has 0 saturated carbocycles. The Morgan fingerprint density at radius 2 is 1.88 bits per heavy atom. The summed E-state index contributed by atoms with van der Waals surface area (Å²) in [5.41, 5.74) is 0.654. The molecule has 1 aliphatic heterocycles. The lowest BCUT2D eigenvalue weighted by atomic mass is 9.93. The molecule has 3 aromatic rings. The minimum atomic E-state index is -1.53. The van der Waals surface area contributed by atoms with Gasteiger partial charge in [-0.3, -0.25) is 4.90 Å². The third kappa shape index (κ3) is 3.64. The summed E-state index contributed by atoms with van der Waals surface area (Å²) in [5.74, 6) is 0.639. The summed E-state index contributed by atoms with van der Waals surface area (Å²) in [5, 5.41) is 3.96. The fraction of sp³-hybridized carbons (Fsp3) is 0.368. The number of piperidine rings is 1. The molecule has 0 aliphatic carbocycles. The van der Waals surface area contributed by atoms with E-state index in [1.807, 2.05) is 36.4 Å². The van der Waals surface area contributed by atoms with Gasteiger partial charge in [-0.15, -0.1) is 0 Å². The topological polar surface area (TPSA) is 55.3 Å². The minimum Gasteiger partial charge on any atom is -0.472 e. The summed E-state index contributed by atoms with van der Waals surface area (Å²) in [7, 11) is 0. The number of hydrogen-bond acceptors (Lipinski definition) is 5. The van der Waals surface area contributed by atoms with Gasteiger partial charge in [-0.2, -0.15) is 4.98 Å². The van der Waals surface area contributed by atoms with E-state index in [0.29, 0.717) is 38.2 Å². The molecule has 130 valence electrons. The van der Waals surface area contributed by atoms with Crippen molar-refractivity contribution in [2.75, 3.05) is 13.1 Å². The highest BCUT2D eigenvalue weighted by atomic mass is 19.1. The van der Waals surface area contributed by atoms with E-state index >= 15 is 4.39 Å². The summed E-state index contributed by atoms with van der Waals surface area (Å²) in [6.45, 7) is 2.08. The molecule has 0 radical (unpaired) electrons. The van der Waals surface area contributed by atoms with Crippen LogP contribution in [0.2, 0.25) is 0 Å². The lowest BCUT2D eigenvalue weighted by Crippen LogP contribution is -2.40. The molecule has 0 atom stereocenters. The van der Waals surface area contributed by atoms with Gasteiger partial charge in [0, 0.05) is 44.5 Å². The van der Waals surface area contributed by atoms with Crippen LogP contribution in [0.25, 0.3) is 0 Å². The quantitative estimate of drug-likeness (QED) is 0.708. The maximum absolute atomic E-state index is 15.3. The van der Waals surface area contributed by atoms with Crippen LogP contribution in [0.1, 0.15) is 35.7 Å². The van der Waals surface area contributed by atoms with Crippen molar-refractivity contribution < 1.29 is 13.3 Å². The largest absolute Gasteiger partial charge is 0.472 e.